The topological polar surface area (TPSA) is 79.5 Å². The third-order valence-electron chi connectivity index (χ3n) is 3.42. The number of guanidine groups is 1. The van der Waals surface area contributed by atoms with Gasteiger partial charge in [0.1, 0.15) is 0 Å². The lowest BCUT2D eigenvalue weighted by Gasteiger charge is -2.11. The van der Waals surface area contributed by atoms with Gasteiger partial charge in [0.2, 0.25) is 0 Å². The van der Waals surface area contributed by atoms with E-state index in [-0.39, 0.29) is 0 Å². The zero-order valence-corrected chi connectivity index (χ0v) is 13.0. The Morgan fingerprint density at radius 3 is 2.87 bits per heavy atom. The minimum Gasteiger partial charge on any atom is -0.356 e. The smallest absolute Gasteiger partial charge is 0.191 e. The number of aromatic nitrogens is 4. The molecule has 0 fully saturated rings. The highest BCUT2D eigenvalue weighted by atomic mass is 15.3. The van der Waals surface area contributed by atoms with Crippen LogP contribution in [-0.4, -0.2) is 39.1 Å². The molecule has 0 saturated heterocycles. The molecule has 0 aliphatic rings. The first-order valence-corrected chi connectivity index (χ1v) is 7.50. The van der Waals surface area contributed by atoms with E-state index in [1.807, 2.05) is 47.0 Å². The number of hydrogen-bond acceptors (Lipinski definition) is 4. The fourth-order valence-electron chi connectivity index (χ4n) is 2.25. The Labute approximate surface area is 134 Å². The zero-order chi connectivity index (χ0) is 15.9. The van der Waals surface area contributed by atoms with Crippen LogP contribution in [0.1, 0.15) is 11.5 Å². The van der Waals surface area contributed by atoms with Crippen LogP contribution in [0, 0.1) is 0 Å². The van der Waals surface area contributed by atoms with Crippen LogP contribution in [0.5, 0.6) is 0 Å². The molecule has 0 aliphatic heterocycles. The second kappa shape index (κ2) is 7.35. The molecular formula is C16H19N7. The lowest BCUT2D eigenvalue weighted by Crippen LogP contribution is -2.38. The van der Waals surface area contributed by atoms with E-state index in [9.17, 15) is 0 Å². The van der Waals surface area contributed by atoms with Crippen LogP contribution in [0.25, 0.3) is 5.65 Å². The van der Waals surface area contributed by atoms with Gasteiger partial charge in [-0.2, -0.15) is 0 Å². The zero-order valence-electron chi connectivity index (χ0n) is 13.0. The lowest BCUT2D eigenvalue weighted by atomic mass is 10.3. The Morgan fingerprint density at radius 2 is 2.04 bits per heavy atom. The molecular weight excluding hydrogens is 290 g/mol. The summed E-state index contributed by atoms with van der Waals surface area (Å²) in [4.78, 5) is 8.52. The van der Waals surface area contributed by atoms with E-state index in [4.69, 9.17) is 0 Å². The molecule has 0 aliphatic carbocycles. The Balaban J connectivity index is 1.52. The Hall–Kier alpha value is -2.96. The third-order valence-corrected chi connectivity index (χ3v) is 3.42. The van der Waals surface area contributed by atoms with Crippen molar-refractivity contribution in [3.05, 3.63) is 60.3 Å². The summed E-state index contributed by atoms with van der Waals surface area (Å²) in [6.45, 7) is 1.31. The summed E-state index contributed by atoms with van der Waals surface area (Å²) in [5.41, 5.74) is 1.89. The van der Waals surface area contributed by atoms with Crippen molar-refractivity contribution in [2.24, 2.45) is 4.99 Å². The van der Waals surface area contributed by atoms with E-state index in [2.05, 4.69) is 30.8 Å². The highest BCUT2D eigenvalue weighted by molar-refractivity contribution is 5.79. The standard InChI is InChI=1S/C16H19N7/c1-17-16(19-10-8-13-6-2-4-9-18-13)20-12-15-22-21-14-7-3-5-11-23(14)15/h2-7,9,11H,8,10,12H2,1H3,(H2,17,19,20). The van der Waals surface area contributed by atoms with Gasteiger partial charge in [0.25, 0.3) is 0 Å². The number of hydrogen-bond donors (Lipinski definition) is 2. The van der Waals surface area contributed by atoms with Gasteiger partial charge in [0, 0.05) is 38.1 Å². The molecule has 3 heterocycles. The maximum absolute atomic E-state index is 4.30. The highest BCUT2D eigenvalue weighted by Crippen LogP contribution is 2.02. The molecule has 3 aromatic rings. The van der Waals surface area contributed by atoms with Crippen molar-refractivity contribution >= 4 is 11.6 Å². The molecule has 0 radical (unpaired) electrons. The largest absolute Gasteiger partial charge is 0.356 e. The first-order valence-electron chi connectivity index (χ1n) is 7.50. The predicted octanol–water partition coefficient (Wildman–Crippen LogP) is 1.03. The molecule has 0 spiro atoms. The third kappa shape index (κ3) is 3.82. The monoisotopic (exact) mass is 309 g/mol. The minimum absolute atomic E-state index is 0.550. The van der Waals surface area contributed by atoms with Crippen LogP contribution in [0.15, 0.2) is 53.8 Å². The molecule has 3 aromatic heterocycles. The van der Waals surface area contributed by atoms with Crippen molar-refractivity contribution < 1.29 is 0 Å². The first-order chi connectivity index (χ1) is 11.4. The summed E-state index contributed by atoms with van der Waals surface area (Å²) < 4.78 is 1.95. The van der Waals surface area contributed by atoms with Gasteiger partial charge in [-0.05, 0) is 24.3 Å². The summed E-state index contributed by atoms with van der Waals surface area (Å²) in [6, 6.07) is 11.8. The van der Waals surface area contributed by atoms with E-state index < -0.39 is 0 Å². The maximum Gasteiger partial charge on any atom is 0.191 e. The van der Waals surface area contributed by atoms with Crippen molar-refractivity contribution in [1.29, 1.82) is 0 Å². The molecule has 3 rings (SSSR count). The Bertz CT molecular complexity index is 779. The van der Waals surface area contributed by atoms with Crippen LogP contribution >= 0.6 is 0 Å². The van der Waals surface area contributed by atoms with E-state index in [0.29, 0.717) is 6.54 Å². The van der Waals surface area contributed by atoms with Gasteiger partial charge >= 0.3 is 0 Å². The number of aliphatic imine (C=N–C) groups is 1. The van der Waals surface area contributed by atoms with Crippen molar-refractivity contribution in [2.75, 3.05) is 13.6 Å². The number of fused-ring (bicyclic) bond motifs is 1. The van der Waals surface area contributed by atoms with Gasteiger partial charge < -0.3 is 10.6 Å². The van der Waals surface area contributed by atoms with Crippen molar-refractivity contribution in [3.63, 3.8) is 0 Å². The van der Waals surface area contributed by atoms with Crippen LogP contribution in [0.4, 0.5) is 0 Å². The quantitative estimate of drug-likeness (QED) is 0.543. The fraction of sp³-hybridized carbons (Fsp3) is 0.250. The van der Waals surface area contributed by atoms with Gasteiger partial charge in [0.15, 0.2) is 17.4 Å². The number of rotatable bonds is 5. The molecule has 0 unspecified atom stereocenters. The lowest BCUT2D eigenvalue weighted by molar-refractivity contribution is 0.752. The number of nitrogens with zero attached hydrogens (tertiary/aromatic N) is 5. The predicted molar refractivity (Wildman–Crippen MR) is 89.1 cm³/mol. The van der Waals surface area contributed by atoms with E-state index >= 15 is 0 Å². The van der Waals surface area contributed by atoms with Crippen molar-refractivity contribution in [1.82, 2.24) is 30.2 Å². The Kier molecular flexibility index (Phi) is 4.78. The summed E-state index contributed by atoms with van der Waals surface area (Å²) in [5.74, 6) is 1.57. The molecule has 0 amide bonds. The summed E-state index contributed by atoms with van der Waals surface area (Å²) in [7, 11) is 1.75. The number of nitrogens with one attached hydrogen (secondary N) is 2. The molecule has 23 heavy (non-hydrogen) atoms. The summed E-state index contributed by atoms with van der Waals surface area (Å²) >= 11 is 0. The molecule has 7 nitrogen and oxygen atoms in total. The van der Waals surface area contributed by atoms with Gasteiger partial charge in [-0.3, -0.25) is 14.4 Å². The second-order valence-corrected chi connectivity index (χ2v) is 4.97. The molecule has 118 valence electrons. The fourth-order valence-corrected chi connectivity index (χ4v) is 2.25. The number of pyridine rings is 2. The molecule has 7 heteroatoms. The van der Waals surface area contributed by atoms with Gasteiger partial charge in [0.05, 0.1) is 6.54 Å². The van der Waals surface area contributed by atoms with E-state index in [1.54, 1.807) is 13.2 Å². The van der Waals surface area contributed by atoms with Crippen molar-refractivity contribution in [2.45, 2.75) is 13.0 Å². The van der Waals surface area contributed by atoms with Crippen LogP contribution < -0.4 is 10.6 Å². The molecule has 2 N–H and O–H groups in total. The minimum atomic E-state index is 0.550. The average molecular weight is 309 g/mol. The second-order valence-electron chi connectivity index (χ2n) is 4.97. The maximum atomic E-state index is 4.30. The molecule has 0 aromatic carbocycles. The Morgan fingerprint density at radius 1 is 1.13 bits per heavy atom. The van der Waals surface area contributed by atoms with E-state index in [0.717, 1.165) is 36.1 Å². The first kappa shape index (κ1) is 15.0. The van der Waals surface area contributed by atoms with Crippen LogP contribution in [0.2, 0.25) is 0 Å². The van der Waals surface area contributed by atoms with Crippen LogP contribution in [-0.2, 0) is 13.0 Å². The van der Waals surface area contributed by atoms with Gasteiger partial charge in [-0.25, -0.2) is 0 Å². The highest BCUT2D eigenvalue weighted by Gasteiger charge is 2.05. The average Bonchev–Trinajstić information content (AvgIpc) is 3.02. The molecule has 0 bridgehead atoms. The normalized spacial score (nSPS) is 11.6. The van der Waals surface area contributed by atoms with Crippen molar-refractivity contribution in [3.8, 4) is 0 Å². The van der Waals surface area contributed by atoms with Gasteiger partial charge in [-0.15, -0.1) is 10.2 Å². The summed E-state index contributed by atoms with van der Waals surface area (Å²) in [5, 5.41) is 14.8. The molecule has 0 saturated carbocycles. The van der Waals surface area contributed by atoms with E-state index in [1.165, 1.54) is 0 Å². The van der Waals surface area contributed by atoms with Gasteiger partial charge in [-0.1, -0.05) is 12.1 Å². The summed E-state index contributed by atoms with van der Waals surface area (Å²) in [6.07, 6.45) is 4.60. The molecule has 0 atom stereocenters. The SMILES string of the molecule is CN=C(NCCc1ccccn1)NCc1nnc2ccccn12. The van der Waals surface area contributed by atoms with Crippen LogP contribution in [0.3, 0.4) is 0 Å².